The van der Waals surface area contributed by atoms with Gasteiger partial charge in [0.1, 0.15) is 18.3 Å². The first-order chi connectivity index (χ1) is 22.5. The van der Waals surface area contributed by atoms with Crippen LogP contribution < -0.4 is 20.1 Å². The van der Waals surface area contributed by atoms with E-state index >= 15 is 0 Å². The highest BCUT2D eigenvalue weighted by molar-refractivity contribution is 5.94. The van der Waals surface area contributed by atoms with E-state index < -0.39 is 78.8 Å². The summed E-state index contributed by atoms with van der Waals surface area (Å²) in [6, 6.07) is 4.23. The minimum Gasteiger partial charge on any atom is -0.493 e. The van der Waals surface area contributed by atoms with Crippen LogP contribution in [0.1, 0.15) is 58.8 Å². The highest BCUT2D eigenvalue weighted by Gasteiger charge is 2.53. The Bertz CT molecular complexity index is 1290. The Balaban J connectivity index is 2.15. The molecule has 2 N–H and O–H groups in total. The van der Waals surface area contributed by atoms with Gasteiger partial charge in [0.2, 0.25) is 12.4 Å². The maximum absolute atomic E-state index is 12.8. The van der Waals surface area contributed by atoms with Gasteiger partial charge in [-0.25, -0.2) is 4.79 Å². The number of hydrogen-bond acceptors (Lipinski definition) is 15. The molecule has 0 saturated carbocycles. The third kappa shape index (κ3) is 13.6. The van der Waals surface area contributed by atoms with Gasteiger partial charge < -0.3 is 53.3 Å². The zero-order valence-corrected chi connectivity index (χ0v) is 28.3. The smallest absolute Gasteiger partial charge is 0.407 e. The highest BCUT2D eigenvalue weighted by Crippen LogP contribution is 2.35. The van der Waals surface area contributed by atoms with E-state index in [4.69, 9.17) is 42.6 Å². The lowest BCUT2D eigenvalue weighted by molar-refractivity contribution is -0.288. The maximum Gasteiger partial charge on any atom is 0.407 e. The fourth-order valence-corrected chi connectivity index (χ4v) is 4.30. The van der Waals surface area contributed by atoms with Gasteiger partial charge in [0, 0.05) is 46.3 Å². The third-order valence-electron chi connectivity index (χ3n) is 6.06. The van der Waals surface area contributed by atoms with E-state index in [0.717, 1.165) is 27.7 Å². The first-order valence-electron chi connectivity index (χ1n) is 15.0. The van der Waals surface area contributed by atoms with Gasteiger partial charge in [0.25, 0.3) is 5.91 Å². The van der Waals surface area contributed by atoms with E-state index in [1.54, 1.807) is 20.8 Å². The summed E-state index contributed by atoms with van der Waals surface area (Å²) in [6.45, 7) is 10.1. The van der Waals surface area contributed by atoms with Crippen LogP contribution in [0.3, 0.4) is 0 Å². The zero-order chi connectivity index (χ0) is 36.0. The number of rotatable bonds is 15. The Labute approximate surface area is 278 Å². The van der Waals surface area contributed by atoms with E-state index in [1.165, 1.54) is 25.3 Å². The fraction of sp³-hybridized carbons (Fsp3) is 0.613. The van der Waals surface area contributed by atoms with E-state index in [1.807, 2.05) is 0 Å². The molecule has 17 nitrogen and oxygen atoms in total. The Morgan fingerprint density at radius 1 is 0.771 bits per heavy atom. The van der Waals surface area contributed by atoms with Crippen LogP contribution in [0.15, 0.2) is 18.2 Å². The van der Waals surface area contributed by atoms with Gasteiger partial charge in [-0.15, -0.1) is 0 Å². The van der Waals surface area contributed by atoms with Crippen molar-refractivity contribution >= 4 is 35.9 Å². The maximum atomic E-state index is 12.8. The fourth-order valence-electron chi connectivity index (χ4n) is 4.30. The summed E-state index contributed by atoms with van der Waals surface area (Å²) in [4.78, 5) is 72.1. The Kier molecular flexibility index (Phi) is 15.3. The second-order valence-corrected chi connectivity index (χ2v) is 11.3. The summed E-state index contributed by atoms with van der Waals surface area (Å²) in [7, 11) is 1.33. The minimum absolute atomic E-state index is 0.0378. The number of methoxy groups -OCH3 is 1. The van der Waals surface area contributed by atoms with Crippen molar-refractivity contribution in [1.29, 1.82) is 0 Å². The molecule has 0 aromatic heterocycles. The van der Waals surface area contributed by atoms with Crippen LogP contribution >= 0.6 is 0 Å². The number of ether oxygens (including phenoxy) is 9. The summed E-state index contributed by atoms with van der Waals surface area (Å²) in [5.74, 6) is -3.36. The highest BCUT2D eigenvalue weighted by atomic mass is 16.7. The Morgan fingerprint density at radius 3 is 1.92 bits per heavy atom. The van der Waals surface area contributed by atoms with Crippen LogP contribution in [0.4, 0.5) is 4.79 Å². The predicted octanol–water partition coefficient (Wildman–Crippen LogP) is 1.43. The van der Waals surface area contributed by atoms with E-state index in [0.29, 0.717) is 0 Å². The van der Waals surface area contributed by atoms with Crippen LogP contribution in [-0.4, -0.2) is 112 Å². The number of esters is 4. The SMILES string of the molecule is COc1cc(C(=O)NCCOCCNC(=O)OC(C)(C)C)ccc1OC1O[C@H](COC(C)=O)[C@H](OC(C)=O)[C@H](OC(C)=O)[C@H]1OC(C)=O. The molecule has 1 fully saturated rings. The first kappa shape index (κ1) is 39.5. The molecule has 17 heteroatoms. The Morgan fingerprint density at radius 2 is 1.35 bits per heavy atom. The molecule has 0 aliphatic carbocycles. The van der Waals surface area contributed by atoms with Crippen LogP contribution in [0.25, 0.3) is 0 Å². The summed E-state index contributed by atoms with van der Waals surface area (Å²) < 4.78 is 49.2. The Hall–Kier alpha value is -4.64. The summed E-state index contributed by atoms with van der Waals surface area (Å²) in [5, 5.41) is 5.26. The molecule has 48 heavy (non-hydrogen) atoms. The molecular formula is C31H44N2O15. The van der Waals surface area contributed by atoms with E-state index in [9.17, 15) is 28.8 Å². The molecule has 0 bridgehead atoms. The number of alkyl carbamates (subject to hydrolysis) is 1. The summed E-state index contributed by atoms with van der Waals surface area (Å²) in [5.41, 5.74) is -0.412. The molecule has 1 aliphatic heterocycles. The number of amides is 2. The van der Waals surface area contributed by atoms with Gasteiger partial charge in [-0.05, 0) is 39.0 Å². The van der Waals surface area contributed by atoms with Gasteiger partial charge >= 0.3 is 30.0 Å². The minimum atomic E-state index is -1.50. The van der Waals surface area contributed by atoms with Crippen molar-refractivity contribution in [1.82, 2.24) is 10.6 Å². The van der Waals surface area contributed by atoms with Crippen LogP contribution in [0, 0.1) is 0 Å². The molecular weight excluding hydrogens is 640 g/mol. The van der Waals surface area contributed by atoms with Crippen molar-refractivity contribution in [2.45, 2.75) is 84.8 Å². The summed E-state index contributed by atoms with van der Waals surface area (Å²) in [6.07, 6.45) is -7.52. The van der Waals surface area contributed by atoms with Crippen LogP contribution in [0.5, 0.6) is 11.5 Å². The molecule has 2 rings (SSSR count). The number of carbonyl (C=O) groups excluding carboxylic acids is 6. The molecule has 1 aromatic rings. The standard InChI is InChI=1S/C31H44N2O15/c1-17(34)42-16-24-25(43-18(2)35)26(44-19(3)36)27(45-20(4)37)29(47-24)46-22-10-9-21(15-23(22)40-8)28(38)32-11-13-41-14-12-33-30(39)48-31(5,6)7/h9-10,15,24-27,29H,11-14,16H2,1-8H3,(H,32,38)(H,33,39)/t24-,25+,26+,27-,29?/m1/s1. The molecule has 1 aromatic carbocycles. The van der Waals surface area contributed by atoms with Crippen molar-refractivity contribution in [3.8, 4) is 11.5 Å². The van der Waals surface area contributed by atoms with Crippen LogP contribution in [0.2, 0.25) is 0 Å². The van der Waals surface area contributed by atoms with E-state index in [2.05, 4.69) is 10.6 Å². The van der Waals surface area contributed by atoms with Gasteiger partial charge in [0.05, 0.1) is 20.3 Å². The summed E-state index contributed by atoms with van der Waals surface area (Å²) >= 11 is 0. The predicted molar refractivity (Wildman–Crippen MR) is 163 cm³/mol. The molecule has 5 atom stereocenters. The molecule has 1 aliphatic rings. The van der Waals surface area contributed by atoms with Crippen molar-refractivity contribution in [2.24, 2.45) is 0 Å². The third-order valence-corrected chi connectivity index (χ3v) is 6.06. The van der Waals surface area contributed by atoms with Crippen LogP contribution in [-0.2, 0) is 52.3 Å². The van der Waals surface area contributed by atoms with Crippen molar-refractivity contribution in [3.63, 3.8) is 0 Å². The molecule has 0 spiro atoms. The average molecular weight is 685 g/mol. The van der Waals surface area contributed by atoms with Crippen molar-refractivity contribution in [2.75, 3.05) is 40.0 Å². The lowest BCUT2D eigenvalue weighted by atomic mass is 9.98. The van der Waals surface area contributed by atoms with Gasteiger partial charge in [-0.3, -0.25) is 24.0 Å². The largest absolute Gasteiger partial charge is 0.493 e. The normalized spacial score (nSPS) is 20.4. The monoisotopic (exact) mass is 684 g/mol. The van der Waals surface area contributed by atoms with Crippen molar-refractivity contribution in [3.05, 3.63) is 23.8 Å². The van der Waals surface area contributed by atoms with Gasteiger partial charge in [0.15, 0.2) is 23.7 Å². The van der Waals surface area contributed by atoms with Gasteiger partial charge in [-0.2, -0.15) is 0 Å². The van der Waals surface area contributed by atoms with Crippen molar-refractivity contribution < 1.29 is 71.4 Å². The average Bonchev–Trinajstić information content (AvgIpc) is 2.97. The number of nitrogens with one attached hydrogen (secondary N) is 2. The lowest BCUT2D eigenvalue weighted by Gasteiger charge is -2.44. The number of hydrogen-bond donors (Lipinski definition) is 2. The number of benzene rings is 1. The molecule has 1 heterocycles. The zero-order valence-electron chi connectivity index (χ0n) is 28.3. The second kappa shape index (κ2) is 18.6. The molecule has 0 radical (unpaired) electrons. The quantitative estimate of drug-likeness (QED) is 0.152. The molecule has 1 saturated heterocycles. The van der Waals surface area contributed by atoms with E-state index in [-0.39, 0.29) is 43.4 Å². The molecule has 268 valence electrons. The van der Waals surface area contributed by atoms with Gasteiger partial charge in [-0.1, -0.05) is 0 Å². The first-order valence-corrected chi connectivity index (χ1v) is 15.0. The topological polar surface area (TPSA) is 210 Å². The number of carbonyl (C=O) groups is 6. The second-order valence-electron chi connectivity index (χ2n) is 11.3. The molecule has 2 amide bonds. The molecule has 1 unspecified atom stereocenters. The lowest BCUT2D eigenvalue weighted by Crippen LogP contribution is -2.63.